The van der Waals surface area contributed by atoms with Crippen LogP contribution in [0.2, 0.25) is 0 Å². The van der Waals surface area contributed by atoms with Crippen LogP contribution in [0.4, 0.5) is 0 Å². The third-order valence-electron chi connectivity index (χ3n) is 3.81. The van der Waals surface area contributed by atoms with Crippen LogP contribution in [0.15, 0.2) is 5.10 Å². The van der Waals surface area contributed by atoms with E-state index in [1.165, 1.54) is 5.01 Å². The van der Waals surface area contributed by atoms with Gasteiger partial charge < -0.3 is 10.4 Å². The average molecular weight is 253 g/mol. The second kappa shape index (κ2) is 4.97. The lowest BCUT2D eigenvalue weighted by molar-refractivity contribution is -0.172. The van der Waals surface area contributed by atoms with E-state index in [2.05, 4.69) is 10.4 Å². The molecule has 1 fully saturated rings. The molecule has 0 aromatic rings. The molecule has 1 saturated heterocycles. The highest BCUT2D eigenvalue weighted by Gasteiger charge is 2.49. The van der Waals surface area contributed by atoms with Crippen molar-refractivity contribution in [2.75, 3.05) is 13.1 Å². The van der Waals surface area contributed by atoms with Gasteiger partial charge in [0.25, 0.3) is 0 Å². The molecule has 0 aliphatic carbocycles. The van der Waals surface area contributed by atoms with Crippen LogP contribution < -0.4 is 5.32 Å². The maximum absolute atomic E-state index is 12.2. The summed E-state index contributed by atoms with van der Waals surface area (Å²) in [6.45, 7) is 7.29. The van der Waals surface area contributed by atoms with Gasteiger partial charge in [-0.2, -0.15) is 5.10 Å². The van der Waals surface area contributed by atoms with Crippen molar-refractivity contribution in [2.45, 2.75) is 45.8 Å². The van der Waals surface area contributed by atoms with Gasteiger partial charge in [-0.05, 0) is 26.3 Å². The zero-order chi connectivity index (χ0) is 13.3. The van der Waals surface area contributed by atoms with Crippen molar-refractivity contribution in [1.29, 1.82) is 0 Å². The summed E-state index contributed by atoms with van der Waals surface area (Å²) in [6.07, 6.45) is 2.45. The number of carbonyl (C=O) groups excluding carboxylic acids is 1. The molecule has 102 valence electrons. The smallest absolute Gasteiger partial charge is 0.247 e. The Hall–Kier alpha value is -0.940. The molecule has 2 heterocycles. The number of piperidine rings is 1. The van der Waals surface area contributed by atoms with Crippen molar-refractivity contribution in [3.63, 3.8) is 0 Å². The molecule has 0 saturated carbocycles. The van der Waals surface area contributed by atoms with Gasteiger partial charge in [0.2, 0.25) is 5.91 Å². The highest BCUT2D eigenvalue weighted by molar-refractivity contribution is 5.89. The first-order chi connectivity index (χ1) is 8.45. The summed E-state index contributed by atoms with van der Waals surface area (Å²) in [5, 5.41) is 19.8. The quantitative estimate of drug-likeness (QED) is 0.769. The second-order valence-electron chi connectivity index (χ2n) is 5.74. The molecular formula is C13H23N3O2. The number of nitrogens with zero attached hydrogens (tertiary/aromatic N) is 2. The molecule has 2 rings (SSSR count). The van der Waals surface area contributed by atoms with Crippen LogP contribution in [0.25, 0.3) is 0 Å². The first kappa shape index (κ1) is 13.5. The zero-order valence-electron chi connectivity index (χ0n) is 11.4. The summed E-state index contributed by atoms with van der Waals surface area (Å²) >= 11 is 0. The number of carbonyl (C=O) groups is 1. The van der Waals surface area contributed by atoms with Crippen LogP contribution in [-0.2, 0) is 4.79 Å². The molecule has 5 nitrogen and oxygen atoms in total. The van der Waals surface area contributed by atoms with E-state index in [9.17, 15) is 9.90 Å². The SMILES string of the molecule is CC1=NN(C(=O)C(C)C)[C@@](O)(C2CCCNC2)C1. The van der Waals surface area contributed by atoms with E-state index in [4.69, 9.17) is 0 Å². The Morgan fingerprint density at radius 1 is 1.61 bits per heavy atom. The van der Waals surface area contributed by atoms with E-state index >= 15 is 0 Å². The molecule has 2 N–H and O–H groups in total. The molecule has 0 bridgehead atoms. The molecule has 1 amide bonds. The lowest BCUT2D eigenvalue weighted by atomic mass is 9.85. The molecule has 0 aromatic carbocycles. The second-order valence-corrected chi connectivity index (χ2v) is 5.74. The van der Waals surface area contributed by atoms with Gasteiger partial charge in [0, 0.05) is 30.5 Å². The number of amides is 1. The fraction of sp³-hybridized carbons (Fsp3) is 0.846. The van der Waals surface area contributed by atoms with Crippen LogP contribution in [0.5, 0.6) is 0 Å². The average Bonchev–Trinajstić information content (AvgIpc) is 2.66. The first-order valence-electron chi connectivity index (χ1n) is 6.76. The largest absolute Gasteiger partial charge is 0.368 e. The summed E-state index contributed by atoms with van der Waals surface area (Å²) in [5.41, 5.74) is -0.296. The summed E-state index contributed by atoms with van der Waals surface area (Å²) in [7, 11) is 0. The molecule has 1 unspecified atom stereocenters. The third-order valence-corrected chi connectivity index (χ3v) is 3.81. The van der Waals surface area contributed by atoms with Crippen LogP contribution in [0, 0.1) is 11.8 Å². The van der Waals surface area contributed by atoms with Crippen molar-refractivity contribution < 1.29 is 9.90 Å². The van der Waals surface area contributed by atoms with E-state index in [0.29, 0.717) is 6.42 Å². The van der Waals surface area contributed by atoms with E-state index in [1.54, 1.807) is 0 Å². The lowest BCUT2D eigenvalue weighted by Crippen LogP contribution is -2.56. The molecule has 2 aliphatic rings. The minimum absolute atomic E-state index is 0.0650. The Kier molecular flexibility index (Phi) is 3.73. The molecule has 5 heteroatoms. The van der Waals surface area contributed by atoms with Crippen molar-refractivity contribution in [3.8, 4) is 0 Å². The summed E-state index contributed by atoms with van der Waals surface area (Å²) in [4.78, 5) is 12.2. The standard InChI is InChI=1S/C13H23N3O2/c1-9(2)12(17)16-13(18,7-10(3)15-16)11-5-4-6-14-8-11/h9,11,14,18H,4-8H2,1-3H3/t11?,13-/m0/s1. The molecule has 0 aromatic heterocycles. The van der Waals surface area contributed by atoms with Crippen molar-refractivity contribution in [2.24, 2.45) is 16.9 Å². The number of aliphatic hydroxyl groups is 1. The fourth-order valence-corrected chi connectivity index (χ4v) is 2.79. The van der Waals surface area contributed by atoms with Gasteiger partial charge in [-0.3, -0.25) is 4.79 Å². The predicted octanol–water partition coefficient (Wildman–Crippen LogP) is 0.939. The summed E-state index contributed by atoms with van der Waals surface area (Å²) < 4.78 is 0. The van der Waals surface area contributed by atoms with E-state index < -0.39 is 5.72 Å². The Labute approximate surface area is 108 Å². The van der Waals surface area contributed by atoms with Crippen LogP contribution in [0.3, 0.4) is 0 Å². The van der Waals surface area contributed by atoms with Gasteiger partial charge >= 0.3 is 0 Å². The van der Waals surface area contributed by atoms with Crippen LogP contribution in [-0.4, -0.2) is 40.5 Å². The Morgan fingerprint density at radius 3 is 2.89 bits per heavy atom. The van der Waals surface area contributed by atoms with Gasteiger partial charge in [-0.15, -0.1) is 0 Å². The number of nitrogens with one attached hydrogen (secondary N) is 1. The van der Waals surface area contributed by atoms with Crippen LogP contribution >= 0.6 is 0 Å². The monoisotopic (exact) mass is 253 g/mol. The molecular weight excluding hydrogens is 230 g/mol. The highest BCUT2D eigenvalue weighted by Crippen LogP contribution is 2.36. The van der Waals surface area contributed by atoms with Crippen LogP contribution in [0.1, 0.15) is 40.0 Å². The Bertz CT molecular complexity index is 361. The van der Waals surface area contributed by atoms with Gasteiger partial charge in [0.1, 0.15) is 0 Å². The minimum atomic E-state index is -1.13. The molecule has 0 radical (unpaired) electrons. The maximum atomic E-state index is 12.2. The number of hydrazone groups is 1. The highest BCUT2D eigenvalue weighted by atomic mass is 16.3. The maximum Gasteiger partial charge on any atom is 0.247 e. The molecule has 2 atom stereocenters. The van der Waals surface area contributed by atoms with E-state index in [0.717, 1.165) is 31.6 Å². The summed E-state index contributed by atoms with van der Waals surface area (Å²) in [5.74, 6) is -0.183. The first-order valence-corrected chi connectivity index (χ1v) is 6.76. The van der Waals surface area contributed by atoms with Crippen molar-refractivity contribution >= 4 is 11.6 Å². The predicted molar refractivity (Wildman–Crippen MR) is 70.0 cm³/mol. The van der Waals surface area contributed by atoms with Gasteiger partial charge in [0.15, 0.2) is 5.72 Å². The third kappa shape index (κ3) is 2.29. The summed E-state index contributed by atoms with van der Waals surface area (Å²) in [6, 6.07) is 0. The Morgan fingerprint density at radius 2 is 2.33 bits per heavy atom. The minimum Gasteiger partial charge on any atom is -0.368 e. The van der Waals surface area contributed by atoms with Gasteiger partial charge in [-0.25, -0.2) is 5.01 Å². The van der Waals surface area contributed by atoms with Gasteiger partial charge in [0.05, 0.1) is 0 Å². The lowest BCUT2D eigenvalue weighted by Gasteiger charge is -2.40. The van der Waals surface area contributed by atoms with Crippen molar-refractivity contribution in [3.05, 3.63) is 0 Å². The zero-order valence-corrected chi connectivity index (χ0v) is 11.4. The van der Waals surface area contributed by atoms with Crippen molar-refractivity contribution in [1.82, 2.24) is 10.3 Å². The normalized spacial score (nSPS) is 32.8. The Balaban J connectivity index is 2.21. The van der Waals surface area contributed by atoms with Gasteiger partial charge in [-0.1, -0.05) is 13.8 Å². The van der Waals surface area contributed by atoms with E-state index in [1.807, 2.05) is 20.8 Å². The molecule has 0 spiro atoms. The molecule has 2 aliphatic heterocycles. The van der Waals surface area contributed by atoms with E-state index in [-0.39, 0.29) is 17.7 Å². The fourth-order valence-electron chi connectivity index (χ4n) is 2.79. The number of hydrogen-bond donors (Lipinski definition) is 2. The number of rotatable bonds is 2. The topological polar surface area (TPSA) is 64.9 Å². The molecule has 18 heavy (non-hydrogen) atoms. The number of hydrogen-bond acceptors (Lipinski definition) is 4.